The molecule has 0 unspecified atom stereocenters. The van der Waals surface area contributed by atoms with E-state index in [1.165, 1.54) is 12.1 Å². The van der Waals surface area contributed by atoms with Gasteiger partial charge in [-0.3, -0.25) is 0 Å². The molecule has 0 bridgehead atoms. The van der Waals surface area contributed by atoms with Crippen molar-refractivity contribution in [1.82, 2.24) is 9.55 Å². The molecular formula is C15H10ClFN4. The third-order valence-corrected chi connectivity index (χ3v) is 3.53. The summed E-state index contributed by atoms with van der Waals surface area (Å²) in [6.07, 6.45) is 0. The van der Waals surface area contributed by atoms with Gasteiger partial charge >= 0.3 is 0 Å². The topological polar surface area (TPSA) is 67.6 Å². The average molecular weight is 301 g/mol. The Labute approximate surface area is 125 Å². The number of halogens is 2. The van der Waals surface area contributed by atoms with Gasteiger partial charge in [0.2, 0.25) is 5.95 Å². The third-order valence-electron chi connectivity index (χ3n) is 3.24. The third kappa shape index (κ3) is 2.41. The number of nitriles is 1. The monoisotopic (exact) mass is 300 g/mol. The largest absolute Gasteiger partial charge is 0.369 e. The summed E-state index contributed by atoms with van der Waals surface area (Å²) < 4.78 is 15.3. The van der Waals surface area contributed by atoms with Crippen molar-refractivity contribution in [3.8, 4) is 6.07 Å². The summed E-state index contributed by atoms with van der Waals surface area (Å²) in [5.41, 5.74) is 8.55. The van der Waals surface area contributed by atoms with Crippen molar-refractivity contribution in [3.05, 3.63) is 58.4 Å². The predicted molar refractivity (Wildman–Crippen MR) is 79.4 cm³/mol. The maximum absolute atomic E-state index is 13.6. The van der Waals surface area contributed by atoms with Gasteiger partial charge in [0.1, 0.15) is 5.82 Å². The van der Waals surface area contributed by atoms with Gasteiger partial charge in [-0.2, -0.15) is 5.26 Å². The molecule has 3 rings (SSSR count). The lowest BCUT2D eigenvalue weighted by Gasteiger charge is -2.07. The van der Waals surface area contributed by atoms with Crippen LogP contribution in [0.3, 0.4) is 0 Å². The van der Waals surface area contributed by atoms with E-state index in [1.807, 2.05) is 12.1 Å². The summed E-state index contributed by atoms with van der Waals surface area (Å²) in [5.74, 6) is -0.221. The van der Waals surface area contributed by atoms with E-state index < -0.39 is 5.82 Å². The van der Waals surface area contributed by atoms with Gasteiger partial charge in [-0.25, -0.2) is 9.37 Å². The van der Waals surface area contributed by atoms with E-state index in [0.717, 1.165) is 5.56 Å². The fourth-order valence-electron chi connectivity index (χ4n) is 2.17. The number of nitrogens with zero attached hydrogens (tertiary/aromatic N) is 3. The summed E-state index contributed by atoms with van der Waals surface area (Å²) in [6.45, 7) is 0.440. The van der Waals surface area contributed by atoms with Gasteiger partial charge in [0.15, 0.2) is 0 Å². The zero-order chi connectivity index (χ0) is 15.0. The van der Waals surface area contributed by atoms with E-state index in [-0.39, 0.29) is 11.0 Å². The van der Waals surface area contributed by atoms with Crippen molar-refractivity contribution in [1.29, 1.82) is 5.26 Å². The molecule has 0 fully saturated rings. The predicted octanol–water partition coefficient (Wildman–Crippen LogP) is 3.33. The number of nitrogen functional groups attached to an aromatic ring is 1. The molecule has 0 aliphatic carbocycles. The maximum Gasteiger partial charge on any atom is 0.201 e. The molecule has 0 saturated heterocycles. The minimum Gasteiger partial charge on any atom is -0.369 e. The number of fused-ring (bicyclic) bond motifs is 1. The summed E-state index contributed by atoms with van der Waals surface area (Å²) in [6, 6.07) is 11.9. The number of anilines is 1. The van der Waals surface area contributed by atoms with Crippen LogP contribution in [0.2, 0.25) is 5.02 Å². The number of rotatable bonds is 2. The Kier molecular flexibility index (Phi) is 3.24. The zero-order valence-corrected chi connectivity index (χ0v) is 11.6. The molecule has 21 heavy (non-hydrogen) atoms. The maximum atomic E-state index is 13.6. The highest BCUT2D eigenvalue weighted by Crippen LogP contribution is 2.25. The molecule has 1 heterocycles. The van der Waals surface area contributed by atoms with Crippen LogP contribution in [-0.2, 0) is 6.54 Å². The first-order chi connectivity index (χ1) is 10.1. The van der Waals surface area contributed by atoms with Gasteiger partial charge in [-0.05, 0) is 23.8 Å². The summed E-state index contributed by atoms with van der Waals surface area (Å²) in [7, 11) is 0. The molecule has 6 heteroatoms. The Morgan fingerprint density at radius 2 is 2.00 bits per heavy atom. The minimum absolute atomic E-state index is 0.0190. The van der Waals surface area contributed by atoms with Crippen LogP contribution in [0.1, 0.15) is 11.1 Å². The van der Waals surface area contributed by atoms with Crippen LogP contribution < -0.4 is 5.73 Å². The fourth-order valence-corrected chi connectivity index (χ4v) is 2.33. The molecule has 2 N–H and O–H groups in total. The summed E-state index contributed by atoms with van der Waals surface area (Å²) in [4.78, 5) is 4.18. The highest BCUT2D eigenvalue weighted by atomic mass is 35.5. The van der Waals surface area contributed by atoms with Gasteiger partial charge in [0, 0.05) is 6.07 Å². The lowest BCUT2D eigenvalue weighted by molar-refractivity contribution is 0.629. The zero-order valence-electron chi connectivity index (χ0n) is 10.8. The Bertz CT molecular complexity index is 862. The molecule has 104 valence electrons. The van der Waals surface area contributed by atoms with E-state index >= 15 is 0 Å². The smallest absolute Gasteiger partial charge is 0.201 e. The number of benzene rings is 2. The second-order valence-corrected chi connectivity index (χ2v) is 5.03. The van der Waals surface area contributed by atoms with Gasteiger partial charge < -0.3 is 10.3 Å². The Hall–Kier alpha value is -2.58. The van der Waals surface area contributed by atoms with Gasteiger partial charge in [-0.1, -0.05) is 23.7 Å². The highest BCUT2D eigenvalue weighted by Gasteiger charge is 2.12. The molecule has 0 amide bonds. The molecule has 0 radical (unpaired) electrons. The van der Waals surface area contributed by atoms with E-state index in [9.17, 15) is 4.39 Å². The number of hydrogen-bond donors (Lipinski definition) is 1. The minimum atomic E-state index is -0.509. The SMILES string of the molecule is N#Cc1ccc(Cn2c(N)nc3cc(Cl)c(F)cc32)cc1. The van der Waals surface area contributed by atoms with Gasteiger partial charge in [-0.15, -0.1) is 0 Å². The van der Waals surface area contributed by atoms with Gasteiger partial charge in [0.05, 0.1) is 34.2 Å². The molecule has 3 aromatic rings. The molecule has 0 saturated carbocycles. The van der Waals surface area contributed by atoms with Crippen molar-refractivity contribution in [3.63, 3.8) is 0 Å². The van der Waals surface area contributed by atoms with Crippen LogP contribution in [0.25, 0.3) is 11.0 Å². The molecule has 0 aliphatic rings. The van der Waals surface area contributed by atoms with Crippen molar-refractivity contribution >= 4 is 28.6 Å². The first kappa shape index (κ1) is 13.4. The summed E-state index contributed by atoms with van der Waals surface area (Å²) in [5, 5.41) is 8.81. The van der Waals surface area contributed by atoms with Crippen LogP contribution in [0.4, 0.5) is 10.3 Å². The van der Waals surface area contributed by atoms with Crippen LogP contribution in [0, 0.1) is 17.1 Å². The Morgan fingerprint density at radius 3 is 2.67 bits per heavy atom. The number of aromatic nitrogens is 2. The number of hydrogen-bond acceptors (Lipinski definition) is 3. The van der Waals surface area contributed by atoms with Crippen LogP contribution in [-0.4, -0.2) is 9.55 Å². The van der Waals surface area contributed by atoms with Crippen molar-refractivity contribution < 1.29 is 4.39 Å². The quantitative estimate of drug-likeness (QED) is 0.789. The van der Waals surface area contributed by atoms with E-state index in [1.54, 1.807) is 16.7 Å². The van der Waals surface area contributed by atoms with Gasteiger partial charge in [0.25, 0.3) is 0 Å². The first-order valence-electron chi connectivity index (χ1n) is 6.18. The van der Waals surface area contributed by atoms with E-state index in [2.05, 4.69) is 11.1 Å². The Morgan fingerprint density at radius 1 is 1.29 bits per heavy atom. The molecule has 2 aromatic carbocycles. The normalized spacial score (nSPS) is 10.7. The Balaban J connectivity index is 2.05. The van der Waals surface area contributed by atoms with Crippen LogP contribution in [0.5, 0.6) is 0 Å². The van der Waals surface area contributed by atoms with Crippen molar-refractivity contribution in [2.75, 3.05) is 5.73 Å². The van der Waals surface area contributed by atoms with Crippen LogP contribution >= 0.6 is 11.6 Å². The van der Waals surface area contributed by atoms with E-state index in [0.29, 0.717) is 23.1 Å². The summed E-state index contributed by atoms with van der Waals surface area (Å²) >= 11 is 5.75. The molecule has 0 aliphatic heterocycles. The molecule has 1 aromatic heterocycles. The standard InChI is InChI=1S/C15H10ClFN4/c16-11-5-13-14(6-12(11)17)21(15(19)20-13)8-10-3-1-9(7-18)2-4-10/h1-6H,8H2,(H2,19,20). The number of nitrogens with two attached hydrogens (primary N) is 1. The lowest BCUT2D eigenvalue weighted by Crippen LogP contribution is -2.04. The van der Waals surface area contributed by atoms with Crippen LogP contribution in [0.15, 0.2) is 36.4 Å². The van der Waals surface area contributed by atoms with Crippen molar-refractivity contribution in [2.45, 2.75) is 6.54 Å². The van der Waals surface area contributed by atoms with Crippen molar-refractivity contribution in [2.24, 2.45) is 0 Å². The molecular weight excluding hydrogens is 291 g/mol. The number of imidazole rings is 1. The highest BCUT2D eigenvalue weighted by molar-refractivity contribution is 6.31. The molecule has 0 atom stereocenters. The lowest BCUT2D eigenvalue weighted by atomic mass is 10.1. The fraction of sp³-hybridized carbons (Fsp3) is 0.0667. The second kappa shape index (κ2) is 5.08. The average Bonchev–Trinajstić information content (AvgIpc) is 2.76. The first-order valence-corrected chi connectivity index (χ1v) is 6.56. The van der Waals surface area contributed by atoms with E-state index in [4.69, 9.17) is 22.6 Å². The molecule has 4 nitrogen and oxygen atoms in total. The molecule has 0 spiro atoms. The second-order valence-electron chi connectivity index (χ2n) is 4.62.